The van der Waals surface area contributed by atoms with Crippen molar-refractivity contribution < 1.29 is 55.9 Å². The number of imidazole rings is 1. The van der Waals surface area contributed by atoms with Crippen molar-refractivity contribution in [3.8, 4) is 0 Å². The molecule has 2 aliphatic rings. The molecule has 286 valence electrons. The molecule has 2 fully saturated rings. The highest BCUT2D eigenvalue weighted by atomic mass is 31.2. The van der Waals surface area contributed by atoms with Crippen LogP contribution in [0.3, 0.4) is 0 Å². The van der Waals surface area contributed by atoms with E-state index in [1.807, 2.05) is 0 Å². The Hall–Kier alpha value is -3.44. The van der Waals surface area contributed by atoms with Gasteiger partial charge in [-0.1, -0.05) is 19.3 Å². The molecular formula is C32H50FN6O11P. The number of aromatic nitrogens is 4. The van der Waals surface area contributed by atoms with E-state index in [2.05, 4.69) is 20.3 Å². The minimum atomic E-state index is -4.72. The second kappa shape index (κ2) is 16.1. The second-order valence-corrected chi connectivity index (χ2v) is 16.6. The van der Waals surface area contributed by atoms with Crippen LogP contribution in [0, 0.1) is 16.7 Å². The van der Waals surface area contributed by atoms with Gasteiger partial charge in [0, 0.05) is 13.5 Å². The van der Waals surface area contributed by atoms with Crippen molar-refractivity contribution >= 4 is 48.7 Å². The molecule has 17 nitrogen and oxygen atoms in total. The average molecular weight is 745 g/mol. The van der Waals surface area contributed by atoms with E-state index in [1.54, 1.807) is 48.6 Å². The monoisotopic (exact) mass is 744 g/mol. The van der Waals surface area contributed by atoms with E-state index in [9.17, 15) is 18.9 Å². The first-order valence-corrected chi connectivity index (χ1v) is 18.3. The van der Waals surface area contributed by atoms with E-state index in [-0.39, 0.29) is 29.5 Å². The lowest BCUT2D eigenvalue weighted by Gasteiger charge is -2.29. The normalized spacial score (nSPS) is 23.3. The Morgan fingerprint density at radius 3 is 2.16 bits per heavy atom. The number of esters is 3. The van der Waals surface area contributed by atoms with Gasteiger partial charge in [-0.3, -0.25) is 23.5 Å². The number of fused-ring (bicyclic) bond motifs is 1. The van der Waals surface area contributed by atoms with E-state index in [0.29, 0.717) is 5.82 Å². The molecule has 1 saturated heterocycles. The molecule has 1 aliphatic carbocycles. The molecule has 0 spiro atoms. The molecule has 4 atom stereocenters. The third-order valence-corrected chi connectivity index (χ3v) is 9.78. The molecule has 3 heterocycles. The SMILES string of the molecule is CNc1nc(N)nc2c1ncn2[C@@H]1O[C@H](COP(=O)(OCOC(=O)C(C)(C)C)OCOC(=O)C(C)(C)C)[C@@H](OC(=O)CC2CCCCC2)[C@@]1(C)F. The lowest BCUT2D eigenvalue weighted by molar-refractivity contribution is -0.163. The maximum atomic E-state index is 17.1. The fraction of sp³-hybridized carbons (Fsp3) is 0.750. The Morgan fingerprint density at radius 1 is 1.02 bits per heavy atom. The number of carbonyl (C=O) groups excluding carboxylic acids is 3. The zero-order chi connectivity index (χ0) is 37.8. The van der Waals surface area contributed by atoms with Crippen LogP contribution in [0.1, 0.15) is 93.2 Å². The summed E-state index contributed by atoms with van der Waals surface area (Å²) in [4.78, 5) is 50.5. The van der Waals surface area contributed by atoms with Crippen molar-refractivity contribution in [2.45, 2.75) is 111 Å². The topological polar surface area (TPSA) is 215 Å². The van der Waals surface area contributed by atoms with E-state index in [4.69, 9.17) is 38.3 Å². The first kappa shape index (κ1) is 40.3. The minimum Gasteiger partial charge on any atom is -0.456 e. The zero-order valence-electron chi connectivity index (χ0n) is 30.4. The van der Waals surface area contributed by atoms with Gasteiger partial charge in [-0.05, 0) is 67.2 Å². The second-order valence-electron chi connectivity index (χ2n) is 14.9. The number of ether oxygens (including phenoxy) is 4. The van der Waals surface area contributed by atoms with Crippen LogP contribution in [-0.4, -0.2) is 82.5 Å². The van der Waals surface area contributed by atoms with Crippen molar-refractivity contribution in [2.75, 3.05) is 38.3 Å². The quantitative estimate of drug-likeness (QED) is 0.110. The first-order valence-electron chi connectivity index (χ1n) is 16.8. The van der Waals surface area contributed by atoms with E-state index in [0.717, 1.165) is 32.1 Å². The molecule has 51 heavy (non-hydrogen) atoms. The van der Waals surface area contributed by atoms with Gasteiger partial charge in [0.2, 0.25) is 19.5 Å². The van der Waals surface area contributed by atoms with Crippen LogP contribution in [0.2, 0.25) is 0 Å². The number of hydrogen-bond donors (Lipinski definition) is 2. The summed E-state index contributed by atoms with van der Waals surface area (Å²) in [5.41, 5.74) is 2.07. The molecule has 0 bridgehead atoms. The van der Waals surface area contributed by atoms with Gasteiger partial charge in [0.05, 0.1) is 23.8 Å². The molecule has 1 aliphatic heterocycles. The van der Waals surface area contributed by atoms with Gasteiger partial charge >= 0.3 is 25.7 Å². The Bertz CT molecular complexity index is 1570. The van der Waals surface area contributed by atoms with Gasteiger partial charge in [0.15, 0.2) is 35.0 Å². The van der Waals surface area contributed by atoms with Crippen molar-refractivity contribution in [1.82, 2.24) is 19.5 Å². The van der Waals surface area contributed by atoms with Crippen LogP contribution in [0.4, 0.5) is 16.2 Å². The maximum absolute atomic E-state index is 17.1. The predicted molar refractivity (Wildman–Crippen MR) is 180 cm³/mol. The van der Waals surface area contributed by atoms with Crippen molar-refractivity contribution in [3.63, 3.8) is 0 Å². The summed E-state index contributed by atoms with van der Waals surface area (Å²) in [7, 11) is -3.11. The zero-order valence-corrected chi connectivity index (χ0v) is 31.3. The van der Waals surface area contributed by atoms with Crippen molar-refractivity contribution in [3.05, 3.63) is 6.33 Å². The molecule has 1 saturated carbocycles. The summed E-state index contributed by atoms with van der Waals surface area (Å²) in [6.07, 6.45) is 1.66. The van der Waals surface area contributed by atoms with Gasteiger partial charge in [-0.2, -0.15) is 9.97 Å². The first-order chi connectivity index (χ1) is 23.7. The average Bonchev–Trinajstić information content (AvgIpc) is 3.56. The smallest absolute Gasteiger partial charge is 0.456 e. The Labute approximate surface area is 296 Å². The number of anilines is 2. The number of nitrogens with zero attached hydrogens (tertiary/aromatic N) is 4. The Balaban J connectivity index is 1.60. The highest BCUT2D eigenvalue weighted by molar-refractivity contribution is 7.48. The van der Waals surface area contributed by atoms with Gasteiger partial charge in [-0.15, -0.1) is 0 Å². The molecule has 4 rings (SSSR count). The molecule has 0 aromatic carbocycles. The highest BCUT2D eigenvalue weighted by Crippen LogP contribution is 2.52. The number of alkyl halides is 1. The van der Waals surface area contributed by atoms with Gasteiger partial charge < -0.3 is 30.0 Å². The standard InChI is InChI=1S/C32H50FN6O11P/c1-30(2,3)27(41)44-17-47-51(43,48-18-45-28(42)31(4,5)6)46-15-20-23(50-21(40)14-19-12-10-9-11-13-19)32(7,33)26(49-20)39-16-36-22-24(35-8)37-29(34)38-25(22)39/h16,19-20,23,26H,9-15,17-18H2,1-8H3,(H3,34,35,37,38)/t20-,23-,26-,32-/m1/s1. The highest BCUT2D eigenvalue weighted by Gasteiger charge is 2.59. The molecule has 3 N–H and O–H groups in total. The van der Waals surface area contributed by atoms with Crippen LogP contribution in [0.5, 0.6) is 0 Å². The van der Waals surface area contributed by atoms with Crippen LogP contribution in [-0.2, 0) is 51.5 Å². The van der Waals surface area contributed by atoms with Gasteiger partial charge in [0.25, 0.3) is 0 Å². The lowest BCUT2D eigenvalue weighted by Crippen LogP contribution is -2.44. The number of hydrogen-bond acceptors (Lipinski definition) is 16. The molecule has 0 radical (unpaired) electrons. The summed E-state index contributed by atoms with van der Waals surface area (Å²) in [6, 6.07) is 0. The van der Waals surface area contributed by atoms with Crippen molar-refractivity contribution in [1.29, 1.82) is 0 Å². The number of carbonyl (C=O) groups is 3. The number of phosphoric ester groups is 1. The molecule has 19 heteroatoms. The number of rotatable bonds is 14. The fourth-order valence-electron chi connectivity index (χ4n) is 5.62. The molecule has 0 amide bonds. The van der Waals surface area contributed by atoms with E-state index < -0.39 is 80.9 Å². The number of nitrogens with one attached hydrogen (secondary N) is 1. The van der Waals surface area contributed by atoms with Crippen LogP contribution < -0.4 is 11.1 Å². The van der Waals surface area contributed by atoms with Gasteiger partial charge in [-0.25, -0.2) is 23.0 Å². The Kier molecular flexibility index (Phi) is 12.7. The van der Waals surface area contributed by atoms with E-state index >= 15 is 4.39 Å². The number of nitrogen functional groups attached to an aromatic ring is 1. The summed E-state index contributed by atoms with van der Waals surface area (Å²) >= 11 is 0. The summed E-state index contributed by atoms with van der Waals surface area (Å²) in [6.45, 7) is 8.41. The maximum Gasteiger partial charge on any atom is 0.480 e. The van der Waals surface area contributed by atoms with Gasteiger partial charge in [0.1, 0.15) is 6.10 Å². The molecule has 0 unspecified atom stereocenters. The molecule has 2 aromatic heterocycles. The van der Waals surface area contributed by atoms with Crippen molar-refractivity contribution in [2.24, 2.45) is 16.7 Å². The minimum absolute atomic E-state index is 0.0805. The van der Waals surface area contributed by atoms with Crippen LogP contribution >= 0.6 is 7.82 Å². The third kappa shape index (κ3) is 10.1. The van der Waals surface area contributed by atoms with Crippen LogP contribution in [0.25, 0.3) is 11.2 Å². The summed E-state index contributed by atoms with van der Waals surface area (Å²) < 4.78 is 70.3. The fourth-order valence-corrected chi connectivity index (χ4v) is 6.54. The molecule has 2 aromatic rings. The largest absolute Gasteiger partial charge is 0.480 e. The number of phosphoric acid groups is 1. The summed E-state index contributed by atoms with van der Waals surface area (Å²) in [5, 5.41) is 2.87. The molecular weight excluding hydrogens is 694 g/mol. The Morgan fingerprint density at radius 2 is 1.61 bits per heavy atom. The predicted octanol–water partition coefficient (Wildman–Crippen LogP) is 5.21. The van der Waals surface area contributed by atoms with Crippen LogP contribution in [0.15, 0.2) is 6.33 Å². The lowest BCUT2D eigenvalue weighted by atomic mass is 9.87. The third-order valence-electron chi connectivity index (χ3n) is 8.47. The number of nitrogens with two attached hydrogens (primary N) is 1. The number of halogens is 1. The van der Waals surface area contributed by atoms with E-state index in [1.165, 1.54) is 17.8 Å². The summed E-state index contributed by atoms with van der Waals surface area (Å²) in [5.74, 6) is -1.71.